The summed E-state index contributed by atoms with van der Waals surface area (Å²) in [5, 5.41) is 18.7. The quantitative estimate of drug-likeness (QED) is 0.602. The van der Waals surface area contributed by atoms with Crippen LogP contribution >= 0.6 is 0 Å². The van der Waals surface area contributed by atoms with Crippen molar-refractivity contribution in [3.05, 3.63) is 39.9 Å². The van der Waals surface area contributed by atoms with Crippen molar-refractivity contribution in [2.24, 2.45) is 21.1 Å². The average Bonchev–Trinajstić information content (AvgIpc) is 3.05. The summed E-state index contributed by atoms with van der Waals surface area (Å²) in [6.07, 6.45) is 4.72. The van der Waals surface area contributed by atoms with Gasteiger partial charge >= 0.3 is 0 Å². The van der Waals surface area contributed by atoms with Crippen molar-refractivity contribution in [1.29, 1.82) is 0 Å². The van der Waals surface area contributed by atoms with Crippen LogP contribution in [0.3, 0.4) is 0 Å². The van der Waals surface area contributed by atoms with Gasteiger partial charge in [-0.25, -0.2) is 4.99 Å². The van der Waals surface area contributed by atoms with E-state index in [4.69, 9.17) is 0 Å². The molecule has 0 bridgehead atoms. The Labute approximate surface area is 104 Å². The highest BCUT2D eigenvalue weighted by Gasteiger charge is 2.40. The van der Waals surface area contributed by atoms with Crippen LogP contribution in [-0.2, 0) is 5.66 Å². The van der Waals surface area contributed by atoms with E-state index < -0.39 is 10.6 Å². The minimum absolute atomic E-state index is 0.0826. The predicted molar refractivity (Wildman–Crippen MR) is 65.5 cm³/mol. The molecule has 6 heteroatoms. The molecular weight excluding hydrogens is 232 g/mol. The highest BCUT2D eigenvalue weighted by atomic mass is 16.6. The van der Waals surface area contributed by atoms with Gasteiger partial charge in [0.15, 0.2) is 5.66 Å². The number of non-ortho nitro benzene ring substituents is 1. The molecule has 1 aliphatic carbocycles. The molecule has 1 aliphatic heterocycles. The molecule has 0 N–H and O–H groups in total. The van der Waals surface area contributed by atoms with Crippen LogP contribution in [0.15, 0.2) is 39.5 Å². The van der Waals surface area contributed by atoms with Crippen LogP contribution in [0, 0.1) is 16.0 Å². The van der Waals surface area contributed by atoms with E-state index >= 15 is 0 Å². The number of benzene rings is 1. The maximum atomic E-state index is 10.6. The number of rotatable bonds is 4. The van der Waals surface area contributed by atoms with E-state index in [1.807, 2.05) is 0 Å². The van der Waals surface area contributed by atoms with Crippen LogP contribution < -0.4 is 0 Å². The highest BCUT2D eigenvalue weighted by Crippen LogP contribution is 2.45. The first kappa shape index (κ1) is 11.0. The molecule has 92 valence electrons. The van der Waals surface area contributed by atoms with Crippen LogP contribution in [0.2, 0.25) is 0 Å². The van der Waals surface area contributed by atoms with Gasteiger partial charge in [0.2, 0.25) is 0 Å². The Bertz CT molecular complexity index is 520. The zero-order valence-corrected chi connectivity index (χ0v) is 9.69. The third-order valence-electron chi connectivity index (χ3n) is 3.36. The molecule has 1 aromatic carbocycles. The lowest BCUT2D eigenvalue weighted by Crippen LogP contribution is -2.19. The maximum absolute atomic E-state index is 10.6. The van der Waals surface area contributed by atoms with Crippen molar-refractivity contribution < 1.29 is 4.92 Å². The van der Waals surface area contributed by atoms with Gasteiger partial charge in [0, 0.05) is 24.1 Å². The summed E-state index contributed by atoms with van der Waals surface area (Å²) in [5.74, 6) is 0.648. The topological polar surface area (TPSA) is 80.2 Å². The third kappa shape index (κ3) is 1.90. The van der Waals surface area contributed by atoms with E-state index in [0.717, 1.165) is 12.0 Å². The van der Waals surface area contributed by atoms with E-state index in [-0.39, 0.29) is 5.69 Å². The van der Waals surface area contributed by atoms with Crippen LogP contribution in [0.5, 0.6) is 0 Å². The number of azo groups is 1. The summed E-state index contributed by atoms with van der Waals surface area (Å²) < 4.78 is 0. The fourth-order valence-corrected chi connectivity index (χ4v) is 2.19. The third-order valence-corrected chi connectivity index (χ3v) is 3.36. The predicted octanol–water partition coefficient (Wildman–Crippen LogP) is 3.04. The monoisotopic (exact) mass is 244 g/mol. The van der Waals surface area contributed by atoms with Crippen molar-refractivity contribution in [3.63, 3.8) is 0 Å². The van der Waals surface area contributed by atoms with E-state index in [0.29, 0.717) is 5.92 Å². The number of nitro benzene ring substituents is 1. The van der Waals surface area contributed by atoms with E-state index in [2.05, 4.69) is 15.2 Å². The molecular formula is C12H12N4O2. The van der Waals surface area contributed by atoms with Gasteiger partial charge in [-0.2, -0.15) is 5.11 Å². The molecule has 18 heavy (non-hydrogen) atoms. The van der Waals surface area contributed by atoms with Crippen molar-refractivity contribution >= 4 is 12.0 Å². The first-order valence-electron chi connectivity index (χ1n) is 5.90. The summed E-state index contributed by atoms with van der Waals surface area (Å²) in [7, 11) is 0. The molecule has 1 fully saturated rings. The van der Waals surface area contributed by atoms with Gasteiger partial charge in [0.25, 0.3) is 5.69 Å². The molecule has 0 radical (unpaired) electrons. The second-order valence-electron chi connectivity index (χ2n) is 4.73. The zero-order chi connectivity index (χ0) is 12.6. The molecule has 0 aromatic heterocycles. The minimum Gasteiger partial charge on any atom is -0.258 e. The summed E-state index contributed by atoms with van der Waals surface area (Å²) in [6, 6.07) is 6.44. The first-order chi connectivity index (χ1) is 8.70. The summed E-state index contributed by atoms with van der Waals surface area (Å²) >= 11 is 0. The van der Waals surface area contributed by atoms with Crippen LogP contribution in [0.25, 0.3) is 0 Å². The van der Waals surface area contributed by atoms with Crippen molar-refractivity contribution in [3.8, 4) is 0 Å². The smallest absolute Gasteiger partial charge is 0.258 e. The number of aliphatic imine (C=N–C) groups is 1. The van der Waals surface area contributed by atoms with Crippen molar-refractivity contribution in [2.75, 3.05) is 0 Å². The van der Waals surface area contributed by atoms with E-state index in [9.17, 15) is 10.1 Å². The Morgan fingerprint density at radius 3 is 2.56 bits per heavy atom. The van der Waals surface area contributed by atoms with Gasteiger partial charge in [0.1, 0.15) is 6.34 Å². The summed E-state index contributed by atoms with van der Waals surface area (Å²) in [6.45, 7) is 0. The number of nitrogens with zero attached hydrogens (tertiary/aromatic N) is 4. The molecule has 1 unspecified atom stereocenters. The standard InChI is InChI=1S/C12H12N4O2/c17-16(18)11-5-3-10(4-6-11)12(7-9-1-2-9)13-8-14-15-12/h3-6,8-9H,1-2,7H2. The SMILES string of the molecule is O=[N+]([O-])c1ccc(C2(CC3CC3)N=CN=N2)cc1. The summed E-state index contributed by atoms with van der Waals surface area (Å²) in [4.78, 5) is 14.6. The van der Waals surface area contributed by atoms with E-state index in [1.54, 1.807) is 12.1 Å². The van der Waals surface area contributed by atoms with Crippen molar-refractivity contribution in [2.45, 2.75) is 24.9 Å². The van der Waals surface area contributed by atoms with Crippen LogP contribution in [0.4, 0.5) is 5.69 Å². The van der Waals surface area contributed by atoms with Crippen LogP contribution in [0.1, 0.15) is 24.8 Å². The Hall–Kier alpha value is -2.11. The van der Waals surface area contributed by atoms with Gasteiger partial charge in [-0.15, -0.1) is 5.11 Å². The molecule has 1 heterocycles. The maximum Gasteiger partial charge on any atom is 0.269 e. The zero-order valence-electron chi connectivity index (χ0n) is 9.69. The minimum atomic E-state index is -0.643. The largest absolute Gasteiger partial charge is 0.269 e. The molecule has 1 aromatic rings. The van der Waals surface area contributed by atoms with Crippen LogP contribution in [-0.4, -0.2) is 11.3 Å². The Morgan fingerprint density at radius 1 is 1.33 bits per heavy atom. The van der Waals surface area contributed by atoms with Crippen molar-refractivity contribution in [1.82, 2.24) is 0 Å². The lowest BCUT2D eigenvalue weighted by Gasteiger charge is -2.21. The number of nitro groups is 1. The molecule has 1 atom stereocenters. The molecule has 3 rings (SSSR count). The molecule has 0 amide bonds. The lowest BCUT2D eigenvalue weighted by atomic mass is 9.94. The number of hydrogen-bond donors (Lipinski definition) is 0. The molecule has 1 saturated carbocycles. The second kappa shape index (κ2) is 3.97. The average molecular weight is 244 g/mol. The molecule has 6 nitrogen and oxygen atoms in total. The molecule has 2 aliphatic rings. The van der Waals surface area contributed by atoms with Gasteiger partial charge in [-0.3, -0.25) is 10.1 Å². The van der Waals surface area contributed by atoms with E-state index in [1.165, 1.54) is 31.3 Å². The summed E-state index contributed by atoms with van der Waals surface area (Å²) in [5.41, 5.74) is 0.313. The molecule has 0 saturated heterocycles. The second-order valence-corrected chi connectivity index (χ2v) is 4.73. The lowest BCUT2D eigenvalue weighted by molar-refractivity contribution is -0.384. The Morgan fingerprint density at radius 2 is 2.06 bits per heavy atom. The van der Waals surface area contributed by atoms with Gasteiger partial charge < -0.3 is 0 Å². The van der Waals surface area contributed by atoms with Gasteiger partial charge in [-0.05, 0) is 18.1 Å². The first-order valence-corrected chi connectivity index (χ1v) is 5.90. The Balaban J connectivity index is 1.92. The Kier molecular flexibility index (Phi) is 2.43. The molecule has 0 spiro atoms. The fraction of sp³-hybridized carbons (Fsp3) is 0.417. The van der Waals surface area contributed by atoms with Gasteiger partial charge in [0.05, 0.1) is 4.92 Å². The highest BCUT2D eigenvalue weighted by molar-refractivity contribution is 5.58. The normalized spacial score (nSPS) is 25.6. The number of hydrogen-bond acceptors (Lipinski definition) is 5. The fourth-order valence-electron chi connectivity index (χ4n) is 2.19. The van der Waals surface area contributed by atoms with Gasteiger partial charge in [-0.1, -0.05) is 12.8 Å².